The second-order valence-corrected chi connectivity index (χ2v) is 3.78. The zero-order valence-corrected chi connectivity index (χ0v) is 9.08. The van der Waals surface area contributed by atoms with E-state index in [0.717, 1.165) is 12.8 Å². The quantitative estimate of drug-likeness (QED) is 0.678. The molecule has 1 aromatic rings. The van der Waals surface area contributed by atoms with Crippen LogP contribution in [-0.4, -0.2) is 24.8 Å². The third kappa shape index (κ3) is 2.96. The first kappa shape index (κ1) is 10.9. The van der Waals surface area contributed by atoms with Gasteiger partial charge in [-0.3, -0.25) is 4.90 Å². The summed E-state index contributed by atoms with van der Waals surface area (Å²) < 4.78 is 0. The number of likely N-dealkylation sites (N-methyl/N-ethyl adjacent to an activating group) is 1. The van der Waals surface area contributed by atoms with Crippen LogP contribution in [0.2, 0.25) is 0 Å². The summed E-state index contributed by atoms with van der Waals surface area (Å²) in [6.45, 7) is 5.54. The first-order chi connectivity index (χ1) is 6.63. The van der Waals surface area contributed by atoms with Crippen LogP contribution in [0.25, 0.3) is 0 Å². The maximum absolute atomic E-state index is 10.3. The molecule has 0 aliphatic carbocycles. The Kier molecular flexibility index (Phi) is 3.84. The van der Waals surface area contributed by atoms with Crippen LogP contribution in [0.5, 0.6) is 0 Å². The highest BCUT2D eigenvalue weighted by Gasteiger charge is 2.00. The molecule has 0 saturated heterocycles. The lowest BCUT2D eigenvalue weighted by atomic mass is 10.1. The zero-order chi connectivity index (χ0) is 10.6. The van der Waals surface area contributed by atoms with Gasteiger partial charge in [-0.15, -0.1) is 0 Å². The van der Waals surface area contributed by atoms with Crippen LogP contribution in [0, 0.1) is 13.8 Å². The lowest BCUT2D eigenvalue weighted by molar-refractivity contribution is -0.108. The molecule has 76 valence electrons. The Balaban J connectivity index is 2.67. The van der Waals surface area contributed by atoms with E-state index in [9.17, 15) is 4.79 Å². The molecular formula is C12H17NO. The van der Waals surface area contributed by atoms with Crippen LogP contribution in [0.4, 0.5) is 0 Å². The summed E-state index contributed by atoms with van der Waals surface area (Å²) in [5, 5.41) is 0. The first-order valence-corrected chi connectivity index (χ1v) is 4.82. The van der Waals surface area contributed by atoms with Crippen molar-refractivity contribution < 1.29 is 4.79 Å². The molecule has 0 radical (unpaired) electrons. The molecule has 0 unspecified atom stereocenters. The van der Waals surface area contributed by atoms with Gasteiger partial charge in [-0.05, 0) is 37.6 Å². The van der Waals surface area contributed by atoms with E-state index >= 15 is 0 Å². The third-order valence-electron chi connectivity index (χ3n) is 2.41. The normalized spacial score (nSPS) is 10.6. The van der Waals surface area contributed by atoms with Gasteiger partial charge < -0.3 is 4.79 Å². The van der Waals surface area contributed by atoms with Gasteiger partial charge in [-0.2, -0.15) is 0 Å². The van der Waals surface area contributed by atoms with Crippen molar-refractivity contribution in [1.29, 1.82) is 0 Å². The minimum absolute atomic E-state index is 0.493. The lowest BCUT2D eigenvalue weighted by Gasteiger charge is -2.13. The Morgan fingerprint density at radius 3 is 2.57 bits per heavy atom. The van der Waals surface area contributed by atoms with E-state index in [-0.39, 0.29) is 0 Å². The molecule has 0 heterocycles. The van der Waals surface area contributed by atoms with Crippen molar-refractivity contribution in [2.24, 2.45) is 0 Å². The van der Waals surface area contributed by atoms with Gasteiger partial charge in [0.05, 0.1) is 6.54 Å². The van der Waals surface area contributed by atoms with Crippen molar-refractivity contribution in [3.8, 4) is 0 Å². The van der Waals surface area contributed by atoms with Gasteiger partial charge in [-0.25, -0.2) is 0 Å². The fourth-order valence-electron chi connectivity index (χ4n) is 1.41. The zero-order valence-electron chi connectivity index (χ0n) is 9.08. The molecule has 0 amide bonds. The van der Waals surface area contributed by atoms with Crippen molar-refractivity contribution in [2.75, 3.05) is 13.6 Å². The van der Waals surface area contributed by atoms with Crippen LogP contribution in [-0.2, 0) is 11.3 Å². The highest BCUT2D eigenvalue weighted by molar-refractivity contribution is 5.51. The molecule has 2 nitrogen and oxygen atoms in total. The molecule has 0 fully saturated rings. The predicted octanol–water partition coefficient (Wildman–Crippen LogP) is 1.93. The average molecular weight is 191 g/mol. The first-order valence-electron chi connectivity index (χ1n) is 4.82. The highest BCUT2D eigenvalue weighted by atomic mass is 16.1. The van der Waals surface area contributed by atoms with E-state index in [1.807, 2.05) is 11.9 Å². The van der Waals surface area contributed by atoms with Crippen molar-refractivity contribution >= 4 is 6.29 Å². The monoisotopic (exact) mass is 191 g/mol. The number of rotatable bonds is 4. The average Bonchev–Trinajstić information content (AvgIpc) is 2.12. The lowest BCUT2D eigenvalue weighted by Crippen LogP contribution is -2.19. The fourth-order valence-corrected chi connectivity index (χ4v) is 1.41. The third-order valence-corrected chi connectivity index (χ3v) is 2.41. The maximum atomic E-state index is 10.3. The second kappa shape index (κ2) is 4.91. The highest BCUT2D eigenvalue weighted by Crippen LogP contribution is 2.10. The van der Waals surface area contributed by atoms with Crippen molar-refractivity contribution in [2.45, 2.75) is 20.4 Å². The summed E-state index contributed by atoms with van der Waals surface area (Å²) in [6, 6.07) is 6.42. The molecule has 1 rings (SSSR count). The van der Waals surface area contributed by atoms with Gasteiger partial charge >= 0.3 is 0 Å². The number of carbonyl (C=O) groups is 1. The number of nitrogens with zero attached hydrogens (tertiary/aromatic N) is 1. The van der Waals surface area contributed by atoms with Crippen LogP contribution in [0.1, 0.15) is 16.7 Å². The van der Waals surface area contributed by atoms with E-state index in [1.165, 1.54) is 16.7 Å². The predicted molar refractivity (Wildman–Crippen MR) is 58.3 cm³/mol. The Hall–Kier alpha value is -1.15. The fraction of sp³-hybridized carbons (Fsp3) is 0.417. The molecule has 2 heteroatoms. The standard InChI is InChI=1S/C12H17NO/c1-10-4-5-12(8-11(10)2)9-13(3)6-7-14/h4-5,7-8H,6,9H2,1-3H3. The van der Waals surface area contributed by atoms with E-state index < -0.39 is 0 Å². The molecule has 0 bridgehead atoms. The topological polar surface area (TPSA) is 20.3 Å². The van der Waals surface area contributed by atoms with E-state index in [4.69, 9.17) is 0 Å². The van der Waals surface area contributed by atoms with Gasteiger partial charge in [0.15, 0.2) is 0 Å². The maximum Gasteiger partial charge on any atom is 0.133 e. The number of aldehydes is 1. The summed E-state index contributed by atoms with van der Waals surface area (Å²) in [7, 11) is 1.95. The Bertz CT molecular complexity index is 320. The van der Waals surface area contributed by atoms with Crippen molar-refractivity contribution in [3.05, 3.63) is 34.9 Å². The van der Waals surface area contributed by atoms with Crippen molar-refractivity contribution in [1.82, 2.24) is 4.90 Å². The molecule has 0 atom stereocenters. The number of benzene rings is 1. The van der Waals surface area contributed by atoms with Gasteiger partial charge in [0.1, 0.15) is 6.29 Å². The summed E-state index contributed by atoms with van der Waals surface area (Å²) in [4.78, 5) is 12.3. The van der Waals surface area contributed by atoms with Gasteiger partial charge in [0.25, 0.3) is 0 Å². The Morgan fingerprint density at radius 1 is 1.29 bits per heavy atom. The minimum atomic E-state index is 0.493. The number of aryl methyl sites for hydroxylation is 2. The Morgan fingerprint density at radius 2 is 2.00 bits per heavy atom. The largest absolute Gasteiger partial charge is 0.302 e. The van der Waals surface area contributed by atoms with E-state index in [2.05, 4.69) is 32.0 Å². The number of hydrogen-bond acceptors (Lipinski definition) is 2. The van der Waals surface area contributed by atoms with Gasteiger partial charge in [-0.1, -0.05) is 18.2 Å². The van der Waals surface area contributed by atoms with Crippen LogP contribution in [0.15, 0.2) is 18.2 Å². The van der Waals surface area contributed by atoms with E-state index in [1.54, 1.807) is 0 Å². The minimum Gasteiger partial charge on any atom is -0.302 e. The number of hydrogen-bond donors (Lipinski definition) is 0. The van der Waals surface area contributed by atoms with Crippen LogP contribution < -0.4 is 0 Å². The van der Waals surface area contributed by atoms with Crippen molar-refractivity contribution in [3.63, 3.8) is 0 Å². The summed E-state index contributed by atoms with van der Waals surface area (Å²) in [5.74, 6) is 0. The molecule has 0 aliphatic heterocycles. The molecular weight excluding hydrogens is 174 g/mol. The molecule has 14 heavy (non-hydrogen) atoms. The summed E-state index contributed by atoms with van der Waals surface area (Å²) >= 11 is 0. The van der Waals surface area contributed by atoms with Gasteiger partial charge in [0.2, 0.25) is 0 Å². The van der Waals surface area contributed by atoms with E-state index in [0.29, 0.717) is 6.54 Å². The molecule has 0 spiro atoms. The smallest absolute Gasteiger partial charge is 0.133 e. The summed E-state index contributed by atoms with van der Waals surface area (Å²) in [6.07, 6.45) is 0.932. The molecule has 0 saturated carbocycles. The van der Waals surface area contributed by atoms with Gasteiger partial charge in [0, 0.05) is 6.54 Å². The molecule has 0 aliphatic rings. The Labute approximate surface area is 85.5 Å². The van der Waals surface area contributed by atoms with Crippen LogP contribution >= 0.6 is 0 Å². The summed E-state index contributed by atoms with van der Waals surface area (Å²) in [5.41, 5.74) is 3.88. The molecule has 0 N–H and O–H groups in total. The number of carbonyl (C=O) groups excluding carboxylic acids is 1. The molecule has 1 aromatic carbocycles. The SMILES string of the molecule is Cc1ccc(CN(C)CC=O)cc1C. The second-order valence-electron chi connectivity index (χ2n) is 3.78. The van der Waals surface area contributed by atoms with Crippen LogP contribution in [0.3, 0.4) is 0 Å². The molecule has 0 aromatic heterocycles.